The molecule has 0 radical (unpaired) electrons. The number of nitrogens with zero attached hydrogens (tertiary/aromatic N) is 4. The summed E-state index contributed by atoms with van der Waals surface area (Å²) >= 11 is 1.80. The molecule has 4 nitrogen and oxygen atoms in total. The van der Waals surface area contributed by atoms with Crippen molar-refractivity contribution in [3.63, 3.8) is 0 Å². The molecule has 0 fully saturated rings. The fourth-order valence-corrected chi connectivity index (χ4v) is 8.64. The second kappa shape index (κ2) is 19.2. The smallest absolute Gasteiger partial charge is 0.160 e. The number of rotatable bonds is 11. The summed E-state index contributed by atoms with van der Waals surface area (Å²) < 4.78 is 2.42. The van der Waals surface area contributed by atoms with Crippen LogP contribution in [0.3, 0.4) is 0 Å². The first kappa shape index (κ1) is 41.2. The number of fused-ring (bicyclic) bond motifs is 3. The summed E-state index contributed by atoms with van der Waals surface area (Å²) in [6.45, 7) is 8.28. The minimum absolute atomic E-state index is 0.647. The number of amidine groups is 1. The van der Waals surface area contributed by atoms with Crippen LogP contribution in [-0.4, -0.2) is 17.3 Å². The minimum atomic E-state index is 0.647. The quantitative estimate of drug-likeness (QED) is 0.0947. The van der Waals surface area contributed by atoms with E-state index in [2.05, 4.69) is 140 Å². The van der Waals surface area contributed by atoms with Gasteiger partial charge in [0, 0.05) is 43.4 Å². The van der Waals surface area contributed by atoms with Gasteiger partial charge in [-0.3, -0.25) is 4.99 Å². The average Bonchev–Trinajstić information content (AvgIpc) is 3.71. The van der Waals surface area contributed by atoms with Gasteiger partial charge in [0.05, 0.1) is 28.7 Å². The van der Waals surface area contributed by atoms with Crippen molar-refractivity contribution in [2.45, 2.75) is 34.1 Å². The molecule has 8 rings (SSSR count). The van der Waals surface area contributed by atoms with Crippen LogP contribution in [0.5, 0.6) is 0 Å². The summed E-state index contributed by atoms with van der Waals surface area (Å²) in [5.41, 5.74) is 14.0. The van der Waals surface area contributed by atoms with Crippen molar-refractivity contribution in [3.8, 4) is 17.2 Å². The van der Waals surface area contributed by atoms with Gasteiger partial charge in [-0.25, -0.2) is 9.98 Å². The Morgan fingerprint density at radius 1 is 0.516 bits per heavy atom. The Balaban J connectivity index is 1.16. The van der Waals surface area contributed by atoms with Gasteiger partial charge in [-0.1, -0.05) is 164 Å². The highest BCUT2D eigenvalue weighted by Crippen LogP contribution is 2.37. The minimum Gasteiger partial charge on any atom is -0.252 e. The molecule has 8 aromatic rings. The van der Waals surface area contributed by atoms with Gasteiger partial charge < -0.3 is 0 Å². The molecule has 0 amide bonds. The first-order valence-electron chi connectivity index (χ1n) is 20.9. The Morgan fingerprint density at radius 2 is 1.15 bits per heavy atom. The molecule has 0 N–H and O–H groups in total. The Kier molecular flexibility index (Phi) is 12.8. The highest BCUT2D eigenvalue weighted by atomic mass is 32.1. The van der Waals surface area contributed by atoms with Gasteiger partial charge in [-0.15, -0.1) is 11.3 Å². The van der Waals surface area contributed by atoms with Crippen LogP contribution in [0.25, 0.3) is 48.3 Å². The van der Waals surface area contributed by atoms with E-state index in [1.807, 2.05) is 87.5 Å². The molecule has 1 heterocycles. The van der Waals surface area contributed by atoms with Crippen molar-refractivity contribution in [1.82, 2.24) is 0 Å². The monoisotopic (exact) mass is 818 g/mol. The molecule has 62 heavy (non-hydrogen) atoms. The number of aliphatic imine (C=N–C) groups is 3. The molecule has 1 aromatic heterocycles. The molecule has 0 spiro atoms. The van der Waals surface area contributed by atoms with Gasteiger partial charge in [-0.2, -0.15) is 5.26 Å². The van der Waals surface area contributed by atoms with Crippen LogP contribution in [0.1, 0.15) is 73.1 Å². The van der Waals surface area contributed by atoms with Crippen molar-refractivity contribution in [2.75, 3.05) is 0 Å². The van der Waals surface area contributed by atoms with E-state index in [1.54, 1.807) is 11.3 Å². The predicted molar refractivity (Wildman–Crippen MR) is 266 cm³/mol. The highest BCUT2D eigenvalue weighted by Gasteiger charge is 2.14. The maximum absolute atomic E-state index is 9.44. The largest absolute Gasteiger partial charge is 0.252 e. The second-order valence-corrected chi connectivity index (χ2v) is 16.1. The molecule has 5 heteroatoms. The number of thiophene rings is 1. The summed E-state index contributed by atoms with van der Waals surface area (Å²) in [6, 6.07) is 62.8. The average molecular weight is 819 g/mol. The topological polar surface area (TPSA) is 60.9 Å². The van der Waals surface area contributed by atoms with Gasteiger partial charge in [0.25, 0.3) is 0 Å². The lowest BCUT2D eigenvalue weighted by Crippen LogP contribution is -2.04. The molecular formula is C57H46N4S. The lowest BCUT2D eigenvalue weighted by atomic mass is 9.99. The first-order valence-corrected chi connectivity index (χ1v) is 21.7. The number of hydrogen-bond donors (Lipinski definition) is 0. The summed E-state index contributed by atoms with van der Waals surface area (Å²) in [6.07, 6.45) is 7.09. The van der Waals surface area contributed by atoms with Crippen LogP contribution in [0.15, 0.2) is 209 Å². The Hall–Kier alpha value is -7.52. The normalized spacial score (nSPS) is 13.1. The molecule has 0 aliphatic carbocycles. The molecule has 0 bridgehead atoms. The van der Waals surface area contributed by atoms with Crippen LogP contribution in [-0.2, 0) is 0 Å². The zero-order chi connectivity index (χ0) is 42.8. The van der Waals surface area contributed by atoms with E-state index in [0.29, 0.717) is 17.8 Å². The van der Waals surface area contributed by atoms with E-state index in [-0.39, 0.29) is 0 Å². The fraction of sp³-hybridized carbons (Fsp3) is 0.0877. The number of allylic oxidation sites excluding steroid dienone is 4. The number of nitriles is 1. The van der Waals surface area contributed by atoms with E-state index < -0.39 is 0 Å². The fourth-order valence-electron chi connectivity index (χ4n) is 7.51. The third-order valence-corrected chi connectivity index (χ3v) is 12.1. The Labute approximate surface area is 368 Å². The number of hydrogen-bond acceptors (Lipinski definition) is 4. The Bertz CT molecular complexity index is 3100. The van der Waals surface area contributed by atoms with Crippen molar-refractivity contribution < 1.29 is 0 Å². The zero-order valence-corrected chi connectivity index (χ0v) is 36.2. The van der Waals surface area contributed by atoms with Gasteiger partial charge in [-0.05, 0) is 97.0 Å². The third-order valence-electron chi connectivity index (χ3n) is 11.0. The summed E-state index contributed by atoms with van der Waals surface area (Å²) in [7, 11) is 0. The summed E-state index contributed by atoms with van der Waals surface area (Å²) in [5, 5.41) is 11.8. The van der Waals surface area contributed by atoms with E-state index in [1.165, 1.54) is 31.3 Å². The van der Waals surface area contributed by atoms with Crippen molar-refractivity contribution >= 4 is 65.7 Å². The van der Waals surface area contributed by atoms with Crippen molar-refractivity contribution in [3.05, 3.63) is 233 Å². The first-order chi connectivity index (χ1) is 30.4. The van der Waals surface area contributed by atoms with Gasteiger partial charge >= 0.3 is 0 Å². The van der Waals surface area contributed by atoms with E-state index in [4.69, 9.17) is 15.0 Å². The van der Waals surface area contributed by atoms with E-state index in [0.717, 1.165) is 61.8 Å². The highest BCUT2D eigenvalue weighted by molar-refractivity contribution is 7.25. The molecule has 0 unspecified atom stereocenters. The van der Waals surface area contributed by atoms with Gasteiger partial charge in [0.1, 0.15) is 0 Å². The molecule has 0 aliphatic heterocycles. The van der Waals surface area contributed by atoms with Crippen LogP contribution >= 0.6 is 11.3 Å². The summed E-state index contributed by atoms with van der Waals surface area (Å²) in [5.74, 6) is 0.673. The van der Waals surface area contributed by atoms with Crippen molar-refractivity contribution in [2.24, 2.45) is 15.0 Å². The molecule has 0 atom stereocenters. The van der Waals surface area contributed by atoms with E-state index in [9.17, 15) is 5.26 Å². The SMILES string of the molecule is C/C=C(/N=C(C/C=C(\C)c1ccccc1)c1ccc2sc3cc(/C(=C\C)N=C(N=C(C)c4ccccc4)c4ccccc4)ccc3c2c1)c1ccc(-c2cccc(C#N)c2)cc1. The van der Waals surface area contributed by atoms with Gasteiger partial charge in [0.15, 0.2) is 5.84 Å². The molecule has 0 saturated heterocycles. The molecule has 7 aromatic carbocycles. The second-order valence-electron chi connectivity index (χ2n) is 15.0. The van der Waals surface area contributed by atoms with Crippen LogP contribution in [0.2, 0.25) is 0 Å². The number of benzene rings is 7. The lowest BCUT2D eigenvalue weighted by Gasteiger charge is -2.11. The zero-order valence-electron chi connectivity index (χ0n) is 35.4. The van der Waals surface area contributed by atoms with Gasteiger partial charge in [0.2, 0.25) is 0 Å². The van der Waals surface area contributed by atoms with Crippen LogP contribution in [0.4, 0.5) is 0 Å². The maximum Gasteiger partial charge on any atom is 0.160 e. The standard InChI is InChI=1S/C57H46N4S/c1-5-52(45-28-26-44(27-29-45)47-24-16-17-41(35-47)38-58)60-54(33-25-39(3)42-18-10-7-11-19-42)48-31-34-55-51(36-48)50-32-30-49(37-56(50)62-55)53(6-2)61-57(46-22-14-9-15-23-46)59-40(4)43-20-12-8-13-21-43/h5-32,34-37H,33H2,1-4H3/b39-25+,52-5+,53-6+,59-40?,60-54?,61-57?. The van der Waals surface area contributed by atoms with Crippen molar-refractivity contribution in [1.29, 1.82) is 5.26 Å². The molecular weight excluding hydrogens is 773 g/mol. The molecule has 0 aliphatic rings. The lowest BCUT2D eigenvalue weighted by molar-refractivity contribution is 1.37. The molecule has 300 valence electrons. The molecule has 0 saturated carbocycles. The third kappa shape index (κ3) is 9.42. The van der Waals surface area contributed by atoms with Crippen LogP contribution in [0, 0.1) is 11.3 Å². The summed E-state index contributed by atoms with van der Waals surface area (Å²) in [4.78, 5) is 15.7. The Morgan fingerprint density at radius 3 is 1.82 bits per heavy atom. The van der Waals surface area contributed by atoms with E-state index >= 15 is 0 Å². The van der Waals surface area contributed by atoms with Crippen LogP contribution < -0.4 is 0 Å². The maximum atomic E-state index is 9.44. The predicted octanol–water partition coefficient (Wildman–Crippen LogP) is 15.3.